The van der Waals surface area contributed by atoms with Gasteiger partial charge >= 0.3 is 6.03 Å². The molecule has 1 atom stereocenters. The molecule has 1 spiro atoms. The number of piperidine rings is 1. The molecule has 3 aromatic rings. The van der Waals surface area contributed by atoms with Crippen LogP contribution >= 0.6 is 0 Å². The molecule has 1 aliphatic carbocycles. The fourth-order valence-corrected chi connectivity index (χ4v) is 5.84. The first kappa shape index (κ1) is 20.6. The van der Waals surface area contributed by atoms with Gasteiger partial charge in [-0.25, -0.2) is 4.79 Å². The zero-order valence-electron chi connectivity index (χ0n) is 18.5. The van der Waals surface area contributed by atoms with Gasteiger partial charge in [0.25, 0.3) is 0 Å². The molecule has 1 saturated heterocycles. The minimum atomic E-state index is -0.665. The minimum absolute atomic E-state index is 0.0436. The number of carbonyl (C=O) groups is 2. The summed E-state index contributed by atoms with van der Waals surface area (Å²) in [5.74, 6) is -0.0436. The topological polar surface area (TPSA) is 80.4 Å². The van der Waals surface area contributed by atoms with Gasteiger partial charge in [-0.2, -0.15) is 0 Å². The van der Waals surface area contributed by atoms with Crippen LogP contribution in [0.3, 0.4) is 0 Å². The Morgan fingerprint density at radius 2 is 1.78 bits per heavy atom. The number of hydrogen-bond acceptors (Lipinski definition) is 2. The number of aryl methyl sites for hydroxylation is 2. The van der Waals surface area contributed by atoms with Crippen LogP contribution in [0.15, 0.2) is 54.7 Å². The molecule has 166 valence electrons. The molecule has 0 bridgehead atoms. The molecule has 6 heteroatoms. The van der Waals surface area contributed by atoms with Crippen LogP contribution in [0.1, 0.15) is 36.0 Å². The van der Waals surface area contributed by atoms with Crippen molar-refractivity contribution in [3.63, 3.8) is 0 Å². The third-order valence-corrected chi connectivity index (χ3v) is 7.51. The number of fused-ring (bicyclic) bond motifs is 3. The summed E-state index contributed by atoms with van der Waals surface area (Å²) in [5, 5.41) is 3.81. The monoisotopic (exact) mass is 430 g/mol. The van der Waals surface area contributed by atoms with Crippen LogP contribution in [0.2, 0.25) is 0 Å². The number of aromatic nitrogens is 1. The van der Waals surface area contributed by atoms with Crippen LogP contribution in [0, 0.1) is 0 Å². The number of rotatable bonds is 4. The van der Waals surface area contributed by atoms with E-state index < -0.39 is 12.1 Å². The Bertz CT molecular complexity index is 1170. The van der Waals surface area contributed by atoms with Crippen molar-refractivity contribution in [2.24, 2.45) is 12.8 Å². The first-order valence-electron chi connectivity index (χ1n) is 11.4. The zero-order valence-corrected chi connectivity index (χ0v) is 18.5. The second-order valence-corrected chi connectivity index (χ2v) is 9.31. The molecule has 1 fully saturated rings. The van der Waals surface area contributed by atoms with E-state index in [1.54, 1.807) is 0 Å². The molecular weight excluding hydrogens is 400 g/mol. The first-order valence-corrected chi connectivity index (χ1v) is 11.4. The molecule has 1 aliphatic heterocycles. The summed E-state index contributed by atoms with van der Waals surface area (Å²) in [6.45, 7) is 1.42. The first-order chi connectivity index (χ1) is 15.5. The molecule has 2 aromatic carbocycles. The summed E-state index contributed by atoms with van der Waals surface area (Å²) in [6, 6.07) is 15.5. The third kappa shape index (κ3) is 3.53. The molecule has 3 N–H and O–H groups in total. The van der Waals surface area contributed by atoms with Crippen LogP contribution < -0.4 is 11.1 Å². The molecule has 2 aliphatic rings. The lowest BCUT2D eigenvalue weighted by molar-refractivity contribution is -0.134. The maximum absolute atomic E-state index is 13.5. The number of likely N-dealkylation sites (tertiary alicyclic amines) is 1. The van der Waals surface area contributed by atoms with Crippen molar-refractivity contribution in [1.29, 1.82) is 0 Å². The molecule has 3 amide bonds. The van der Waals surface area contributed by atoms with Gasteiger partial charge in [0.2, 0.25) is 5.91 Å². The number of benzene rings is 2. The van der Waals surface area contributed by atoms with Crippen LogP contribution in [0.4, 0.5) is 4.79 Å². The van der Waals surface area contributed by atoms with E-state index in [4.69, 9.17) is 5.73 Å². The highest BCUT2D eigenvalue weighted by atomic mass is 16.2. The second-order valence-electron chi connectivity index (χ2n) is 9.31. The Hall–Kier alpha value is -3.28. The van der Waals surface area contributed by atoms with Crippen LogP contribution in [0.5, 0.6) is 0 Å². The molecule has 5 rings (SSSR count). The molecule has 32 heavy (non-hydrogen) atoms. The summed E-state index contributed by atoms with van der Waals surface area (Å²) in [7, 11) is 1.99. The lowest BCUT2D eigenvalue weighted by atomic mass is 9.74. The van der Waals surface area contributed by atoms with Crippen molar-refractivity contribution in [1.82, 2.24) is 14.8 Å². The van der Waals surface area contributed by atoms with Gasteiger partial charge in [-0.1, -0.05) is 42.5 Å². The number of hydrogen-bond donors (Lipinski definition) is 2. The van der Waals surface area contributed by atoms with Gasteiger partial charge in [0.05, 0.1) is 0 Å². The maximum Gasteiger partial charge on any atom is 0.312 e. The predicted molar refractivity (Wildman–Crippen MR) is 125 cm³/mol. The van der Waals surface area contributed by atoms with E-state index in [0.29, 0.717) is 19.5 Å². The van der Waals surface area contributed by atoms with Crippen LogP contribution in [-0.2, 0) is 30.1 Å². The largest absolute Gasteiger partial charge is 0.352 e. The van der Waals surface area contributed by atoms with Crippen molar-refractivity contribution in [3.05, 3.63) is 71.4 Å². The van der Waals surface area contributed by atoms with Crippen molar-refractivity contribution < 1.29 is 9.59 Å². The van der Waals surface area contributed by atoms with Crippen molar-refractivity contribution in [3.8, 4) is 0 Å². The van der Waals surface area contributed by atoms with Crippen LogP contribution in [0.25, 0.3) is 10.9 Å². The van der Waals surface area contributed by atoms with Crippen molar-refractivity contribution in [2.75, 3.05) is 13.1 Å². The number of nitrogens with two attached hydrogens (primary N) is 1. The summed E-state index contributed by atoms with van der Waals surface area (Å²) >= 11 is 0. The predicted octanol–water partition coefficient (Wildman–Crippen LogP) is 3.26. The van der Waals surface area contributed by atoms with E-state index in [1.165, 1.54) is 11.1 Å². The number of nitrogens with one attached hydrogen (secondary N) is 1. The Kier molecular flexibility index (Phi) is 5.16. The highest BCUT2D eigenvalue weighted by Gasteiger charge is 2.42. The highest BCUT2D eigenvalue weighted by Crippen LogP contribution is 2.46. The van der Waals surface area contributed by atoms with Crippen LogP contribution in [-0.4, -0.2) is 40.5 Å². The second kappa shape index (κ2) is 8.01. The standard InChI is InChI=1S/C26H30N4O2/c1-29-17-19(20-7-3-5-9-23(20)29)16-22(28-25(27)32)24(31)30-14-12-26(13-15-30)11-10-18-6-2-4-8-21(18)26/h2-9,17,22H,10-16H2,1H3,(H3,27,28,32). The zero-order chi connectivity index (χ0) is 22.3. The molecule has 0 radical (unpaired) electrons. The minimum Gasteiger partial charge on any atom is -0.352 e. The fourth-order valence-electron chi connectivity index (χ4n) is 5.84. The van der Waals surface area contributed by atoms with E-state index in [-0.39, 0.29) is 11.3 Å². The molecule has 6 nitrogen and oxygen atoms in total. The Labute approximate surface area is 188 Å². The van der Waals surface area contributed by atoms with E-state index in [1.807, 2.05) is 30.3 Å². The number of urea groups is 1. The number of primary amides is 1. The Morgan fingerprint density at radius 1 is 1.06 bits per heavy atom. The third-order valence-electron chi connectivity index (χ3n) is 7.51. The molecule has 1 unspecified atom stereocenters. The molecule has 0 saturated carbocycles. The van der Waals surface area contributed by atoms with Gasteiger partial charge in [-0.05, 0) is 53.9 Å². The van der Waals surface area contributed by atoms with E-state index in [9.17, 15) is 9.59 Å². The smallest absolute Gasteiger partial charge is 0.312 e. The number of para-hydroxylation sites is 1. The van der Waals surface area contributed by atoms with Gasteiger partial charge in [-0.3, -0.25) is 4.79 Å². The van der Waals surface area contributed by atoms with Gasteiger partial charge in [-0.15, -0.1) is 0 Å². The average molecular weight is 431 g/mol. The average Bonchev–Trinajstić information content (AvgIpc) is 3.31. The molecule has 2 heterocycles. The lowest BCUT2D eigenvalue weighted by Crippen LogP contribution is -2.54. The number of carbonyl (C=O) groups excluding carboxylic acids is 2. The number of amides is 3. The van der Waals surface area contributed by atoms with Crippen molar-refractivity contribution in [2.45, 2.75) is 43.6 Å². The van der Waals surface area contributed by atoms with E-state index >= 15 is 0 Å². The van der Waals surface area contributed by atoms with Gasteiger partial charge in [0.1, 0.15) is 6.04 Å². The summed E-state index contributed by atoms with van der Waals surface area (Å²) < 4.78 is 2.05. The van der Waals surface area contributed by atoms with Gasteiger partial charge < -0.3 is 20.5 Å². The molecule has 1 aromatic heterocycles. The SMILES string of the molecule is Cn1cc(CC(NC(N)=O)C(=O)N2CCC3(CCc4ccccc43)CC2)c2ccccc21. The summed E-state index contributed by atoms with van der Waals surface area (Å²) in [4.78, 5) is 27.1. The van der Waals surface area contributed by atoms with E-state index in [2.05, 4.69) is 46.3 Å². The van der Waals surface area contributed by atoms with Gasteiger partial charge in [0, 0.05) is 43.7 Å². The Morgan fingerprint density at radius 3 is 2.56 bits per heavy atom. The highest BCUT2D eigenvalue weighted by molar-refractivity contribution is 5.89. The Balaban J connectivity index is 1.34. The molecular formula is C26H30N4O2. The summed E-state index contributed by atoms with van der Waals surface area (Å²) in [6.07, 6.45) is 6.67. The summed E-state index contributed by atoms with van der Waals surface area (Å²) in [5.41, 5.74) is 10.7. The van der Waals surface area contributed by atoms with Crippen molar-refractivity contribution >= 4 is 22.8 Å². The van der Waals surface area contributed by atoms with E-state index in [0.717, 1.165) is 42.1 Å². The fraction of sp³-hybridized carbons (Fsp3) is 0.385. The lowest BCUT2D eigenvalue weighted by Gasteiger charge is -2.41. The maximum atomic E-state index is 13.5. The van der Waals surface area contributed by atoms with Gasteiger partial charge in [0.15, 0.2) is 0 Å². The number of nitrogens with zero attached hydrogens (tertiary/aromatic N) is 2. The quantitative estimate of drug-likeness (QED) is 0.666. The normalized spacial score (nSPS) is 18.0.